The van der Waals surface area contributed by atoms with Crippen LogP contribution in [0.25, 0.3) is 11.0 Å². The van der Waals surface area contributed by atoms with E-state index >= 15 is 0 Å². The molecule has 0 saturated heterocycles. The Hall–Kier alpha value is -2.56. The Morgan fingerprint density at radius 1 is 1.14 bits per heavy atom. The van der Waals surface area contributed by atoms with Crippen LogP contribution in [0.1, 0.15) is 16.2 Å². The van der Waals surface area contributed by atoms with Crippen LogP contribution in [0.15, 0.2) is 42.5 Å². The minimum Gasteiger partial charge on any atom is -0.331 e. The third kappa shape index (κ3) is 2.54. The highest BCUT2D eigenvalue weighted by Crippen LogP contribution is 2.16. The van der Waals surface area contributed by atoms with Gasteiger partial charge in [0.15, 0.2) is 5.78 Å². The lowest BCUT2D eigenvalue weighted by atomic mass is 10.1. The maximum atomic E-state index is 13.2. The van der Waals surface area contributed by atoms with Gasteiger partial charge in [0.1, 0.15) is 17.5 Å². The van der Waals surface area contributed by atoms with E-state index in [0.29, 0.717) is 5.82 Å². The molecule has 1 aromatic heterocycles. The number of carbonyl (C=O) groups is 1. The number of rotatable bonds is 3. The Labute approximate surface area is 119 Å². The average Bonchev–Trinajstić information content (AvgIpc) is 2.75. The summed E-state index contributed by atoms with van der Waals surface area (Å²) in [5.74, 6) is -1.33. The molecule has 0 N–H and O–H groups in total. The second kappa shape index (κ2) is 5.09. The molecule has 0 saturated carbocycles. The highest BCUT2D eigenvalue weighted by molar-refractivity contribution is 5.97. The number of benzene rings is 2. The summed E-state index contributed by atoms with van der Waals surface area (Å²) >= 11 is 0. The number of para-hydroxylation sites is 2. The summed E-state index contributed by atoms with van der Waals surface area (Å²) in [4.78, 5) is 16.5. The van der Waals surface area contributed by atoms with Crippen molar-refractivity contribution in [3.63, 3.8) is 0 Å². The van der Waals surface area contributed by atoms with Gasteiger partial charge in [0.25, 0.3) is 0 Å². The first kappa shape index (κ1) is 13.4. The number of halogens is 2. The van der Waals surface area contributed by atoms with Crippen molar-refractivity contribution in [2.45, 2.75) is 6.42 Å². The fraction of sp³-hybridized carbons (Fsp3) is 0.125. The topological polar surface area (TPSA) is 34.9 Å². The van der Waals surface area contributed by atoms with Gasteiger partial charge in [-0.25, -0.2) is 13.8 Å². The monoisotopic (exact) mass is 286 g/mol. The normalized spacial score (nSPS) is 11.0. The molecular weight excluding hydrogens is 274 g/mol. The number of aryl methyl sites for hydroxylation is 1. The Balaban J connectivity index is 1.94. The number of carbonyl (C=O) groups excluding carboxylic acids is 1. The van der Waals surface area contributed by atoms with Gasteiger partial charge in [0, 0.05) is 18.7 Å². The smallest absolute Gasteiger partial charge is 0.170 e. The van der Waals surface area contributed by atoms with Gasteiger partial charge in [0.05, 0.1) is 17.5 Å². The summed E-state index contributed by atoms with van der Waals surface area (Å²) in [6, 6.07) is 10.3. The van der Waals surface area contributed by atoms with Gasteiger partial charge < -0.3 is 4.57 Å². The quantitative estimate of drug-likeness (QED) is 0.693. The number of aromatic nitrogens is 2. The first-order valence-electron chi connectivity index (χ1n) is 6.44. The van der Waals surface area contributed by atoms with Crippen molar-refractivity contribution in [3.8, 4) is 0 Å². The number of nitrogens with zero attached hydrogens (tertiary/aromatic N) is 2. The van der Waals surface area contributed by atoms with Crippen LogP contribution in [0.2, 0.25) is 0 Å². The van der Waals surface area contributed by atoms with Gasteiger partial charge in [-0.3, -0.25) is 4.79 Å². The molecular formula is C16H12F2N2O. The van der Waals surface area contributed by atoms with E-state index in [9.17, 15) is 13.6 Å². The largest absolute Gasteiger partial charge is 0.331 e. The van der Waals surface area contributed by atoms with E-state index in [0.717, 1.165) is 29.2 Å². The molecule has 0 atom stereocenters. The molecule has 0 spiro atoms. The minimum absolute atomic E-state index is 0.00588. The molecule has 3 nitrogen and oxygen atoms in total. The van der Waals surface area contributed by atoms with Crippen molar-refractivity contribution in [2.75, 3.05) is 0 Å². The molecule has 106 valence electrons. The van der Waals surface area contributed by atoms with E-state index in [-0.39, 0.29) is 17.8 Å². The Morgan fingerprint density at radius 2 is 1.81 bits per heavy atom. The standard InChI is InChI=1S/C16H12F2N2O/c1-20-14-5-3-2-4-13(14)19-16(20)9-15(21)10-6-11(17)8-12(18)7-10/h2-8H,9H2,1H3. The minimum atomic E-state index is -0.761. The number of hydrogen-bond donors (Lipinski definition) is 0. The van der Waals surface area contributed by atoms with Gasteiger partial charge in [-0.15, -0.1) is 0 Å². The molecule has 0 fully saturated rings. The summed E-state index contributed by atoms with van der Waals surface area (Å²) in [7, 11) is 1.81. The molecule has 0 aliphatic heterocycles. The molecule has 3 aromatic rings. The molecule has 0 bridgehead atoms. The van der Waals surface area contributed by atoms with Crippen molar-refractivity contribution >= 4 is 16.8 Å². The first-order chi connectivity index (χ1) is 10.0. The molecule has 0 aliphatic carbocycles. The predicted octanol–water partition coefficient (Wildman–Crippen LogP) is 3.28. The van der Waals surface area contributed by atoms with Gasteiger partial charge in [-0.2, -0.15) is 0 Å². The third-order valence-electron chi connectivity index (χ3n) is 3.38. The van der Waals surface area contributed by atoms with Gasteiger partial charge in [-0.1, -0.05) is 12.1 Å². The maximum absolute atomic E-state index is 13.2. The van der Waals surface area contributed by atoms with Gasteiger partial charge >= 0.3 is 0 Å². The molecule has 5 heteroatoms. The summed E-state index contributed by atoms with van der Waals surface area (Å²) in [5, 5.41) is 0. The third-order valence-corrected chi connectivity index (χ3v) is 3.38. The van der Waals surface area contributed by atoms with E-state index in [4.69, 9.17) is 0 Å². The summed E-state index contributed by atoms with van der Waals surface area (Å²) in [6.45, 7) is 0. The molecule has 0 amide bonds. The molecule has 0 unspecified atom stereocenters. The van der Waals surface area contributed by atoms with Crippen LogP contribution in [-0.2, 0) is 13.5 Å². The molecule has 2 aromatic carbocycles. The zero-order valence-corrected chi connectivity index (χ0v) is 11.3. The van der Waals surface area contributed by atoms with Crippen molar-refractivity contribution in [1.29, 1.82) is 0 Å². The Bertz CT molecular complexity index is 819. The number of imidazole rings is 1. The molecule has 21 heavy (non-hydrogen) atoms. The molecule has 1 heterocycles. The van der Waals surface area contributed by atoms with Gasteiger partial charge in [-0.05, 0) is 24.3 Å². The van der Waals surface area contributed by atoms with Crippen molar-refractivity contribution < 1.29 is 13.6 Å². The van der Waals surface area contributed by atoms with E-state index in [2.05, 4.69) is 4.98 Å². The maximum Gasteiger partial charge on any atom is 0.170 e. The van der Waals surface area contributed by atoms with Crippen LogP contribution in [0, 0.1) is 11.6 Å². The van der Waals surface area contributed by atoms with Crippen LogP contribution in [0.5, 0.6) is 0 Å². The van der Waals surface area contributed by atoms with Crippen LogP contribution in [0.4, 0.5) is 8.78 Å². The van der Waals surface area contributed by atoms with Gasteiger partial charge in [0.2, 0.25) is 0 Å². The van der Waals surface area contributed by atoms with Crippen LogP contribution >= 0.6 is 0 Å². The van der Waals surface area contributed by atoms with Crippen molar-refractivity contribution in [3.05, 3.63) is 65.5 Å². The van der Waals surface area contributed by atoms with Crippen LogP contribution < -0.4 is 0 Å². The van der Waals surface area contributed by atoms with E-state index in [1.54, 1.807) is 0 Å². The Morgan fingerprint density at radius 3 is 2.48 bits per heavy atom. The second-order valence-electron chi connectivity index (χ2n) is 4.83. The SMILES string of the molecule is Cn1c(CC(=O)c2cc(F)cc(F)c2)nc2ccccc21. The summed E-state index contributed by atoms with van der Waals surface area (Å²) < 4.78 is 28.1. The average molecular weight is 286 g/mol. The highest BCUT2D eigenvalue weighted by Gasteiger charge is 2.14. The second-order valence-corrected chi connectivity index (χ2v) is 4.83. The van der Waals surface area contributed by atoms with Crippen LogP contribution in [-0.4, -0.2) is 15.3 Å². The molecule has 3 rings (SSSR count). The molecule has 0 aliphatic rings. The van der Waals surface area contributed by atoms with Crippen LogP contribution in [0.3, 0.4) is 0 Å². The number of fused-ring (bicyclic) bond motifs is 1. The fourth-order valence-corrected chi connectivity index (χ4v) is 2.31. The summed E-state index contributed by atoms with van der Waals surface area (Å²) in [5.41, 5.74) is 1.71. The Kier molecular flexibility index (Phi) is 3.25. The number of hydrogen-bond acceptors (Lipinski definition) is 2. The first-order valence-corrected chi connectivity index (χ1v) is 6.44. The molecule has 0 radical (unpaired) electrons. The van der Waals surface area contributed by atoms with Crippen molar-refractivity contribution in [1.82, 2.24) is 9.55 Å². The number of Topliss-reactive ketones (excluding diaryl/α,β-unsaturated/α-hetero) is 1. The van der Waals surface area contributed by atoms with E-state index < -0.39 is 11.6 Å². The highest BCUT2D eigenvalue weighted by atomic mass is 19.1. The lowest BCUT2D eigenvalue weighted by Gasteiger charge is -2.03. The lowest BCUT2D eigenvalue weighted by Crippen LogP contribution is -2.09. The van der Waals surface area contributed by atoms with E-state index in [1.165, 1.54) is 0 Å². The zero-order valence-electron chi connectivity index (χ0n) is 11.3. The lowest BCUT2D eigenvalue weighted by molar-refractivity contribution is 0.0989. The fourth-order valence-electron chi connectivity index (χ4n) is 2.31. The predicted molar refractivity (Wildman–Crippen MR) is 75.1 cm³/mol. The number of ketones is 1. The van der Waals surface area contributed by atoms with E-state index in [1.807, 2.05) is 35.9 Å². The zero-order chi connectivity index (χ0) is 15.0. The van der Waals surface area contributed by atoms with Crippen molar-refractivity contribution in [2.24, 2.45) is 7.05 Å². The summed E-state index contributed by atoms with van der Waals surface area (Å²) in [6.07, 6.45) is -0.00588.